The van der Waals surface area contributed by atoms with E-state index in [-0.39, 0.29) is 6.04 Å². The van der Waals surface area contributed by atoms with Gasteiger partial charge in [0.15, 0.2) is 0 Å². The van der Waals surface area contributed by atoms with Crippen molar-refractivity contribution < 1.29 is 0 Å². The molecule has 0 bridgehead atoms. The van der Waals surface area contributed by atoms with Gasteiger partial charge in [0, 0.05) is 10.7 Å². The zero-order chi connectivity index (χ0) is 10.4. The molecular formula is C11H13BrN2. The minimum atomic E-state index is 0.0775. The number of nitrogens with one attached hydrogen (secondary N) is 1. The van der Waals surface area contributed by atoms with Crippen molar-refractivity contribution in [2.24, 2.45) is 0 Å². The number of aromatic nitrogens is 1. The number of hydrogen-bond donors (Lipinski definition) is 1. The molecule has 1 N–H and O–H groups in total. The Labute approximate surface area is 93.3 Å². The van der Waals surface area contributed by atoms with Gasteiger partial charge in [-0.3, -0.25) is 0 Å². The molecule has 14 heavy (non-hydrogen) atoms. The molecule has 0 saturated carbocycles. The van der Waals surface area contributed by atoms with Crippen LogP contribution in [0, 0.1) is 12.3 Å². The Morgan fingerprint density at radius 1 is 1.64 bits per heavy atom. The summed E-state index contributed by atoms with van der Waals surface area (Å²) in [6.45, 7) is 2.11. The predicted molar refractivity (Wildman–Crippen MR) is 63.1 cm³/mol. The molecule has 0 fully saturated rings. The van der Waals surface area contributed by atoms with Gasteiger partial charge in [-0.25, -0.2) is 4.98 Å². The van der Waals surface area contributed by atoms with Crippen LogP contribution in [0.2, 0.25) is 0 Å². The highest BCUT2D eigenvalue weighted by Crippen LogP contribution is 2.12. The largest absolute Gasteiger partial charge is 0.356 e. The second-order valence-corrected chi connectivity index (χ2v) is 3.93. The Morgan fingerprint density at radius 3 is 2.93 bits per heavy atom. The molecule has 74 valence electrons. The van der Waals surface area contributed by atoms with E-state index in [4.69, 9.17) is 6.42 Å². The number of nitrogens with zero attached hydrogens (tertiary/aromatic N) is 1. The number of anilines is 1. The fourth-order valence-corrected chi connectivity index (χ4v) is 1.36. The van der Waals surface area contributed by atoms with Crippen molar-refractivity contribution in [1.82, 2.24) is 4.98 Å². The Bertz CT molecular complexity index is 313. The lowest BCUT2D eigenvalue weighted by Crippen LogP contribution is -2.17. The van der Waals surface area contributed by atoms with Crippen LogP contribution in [0.15, 0.2) is 22.8 Å². The van der Waals surface area contributed by atoms with E-state index in [2.05, 4.69) is 39.1 Å². The molecule has 1 rings (SSSR count). The Balaban J connectivity index is 2.59. The maximum absolute atomic E-state index is 5.39. The molecule has 0 aliphatic carbocycles. The van der Waals surface area contributed by atoms with Crippen LogP contribution in [0.4, 0.5) is 5.82 Å². The lowest BCUT2D eigenvalue weighted by Gasteiger charge is -2.12. The number of rotatable bonds is 4. The van der Waals surface area contributed by atoms with Crippen LogP contribution in [0.1, 0.15) is 19.8 Å². The molecule has 0 radical (unpaired) electrons. The summed E-state index contributed by atoms with van der Waals surface area (Å²) in [6, 6.07) is 3.92. The van der Waals surface area contributed by atoms with Crippen molar-refractivity contribution in [3.05, 3.63) is 22.8 Å². The summed E-state index contributed by atoms with van der Waals surface area (Å²) in [5.74, 6) is 3.53. The third-order valence-electron chi connectivity index (χ3n) is 1.83. The lowest BCUT2D eigenvalue weighted by molar-refractivity contribution is 0.752. The van der Waals surface area contributed by atoms with Gasteiger partial charge in [0.2, 0.25) is 0 Å². The minimum Gasteiger partial charge on any atom is -0.356 e. The van der Waals surface area contributed by atoms with E-state index in [1.807, 2.05) is 12.1 Å². The van der Waals surface area contributed by atoms with Crippen LogP contribution in [0.5, 0.6) is 0 Å². The molecule has 1 aromatic rings. The average Bonchev–Trinajstić information content (AvgIpc) is 2.20. The summed E-state index contributed by atoms with van der Waals surface area (Å²) in [7, 11) is 0. The van der Waals surface area contributed by atoms with Gasteiger partial charge in [0.25, 0.3) is 0 Å². The maximum Gasteiger partial charge on any atom is 0.126 e. The highest BCUT2D eigenvalue weighted by molar-refractivity contribution is 9.10. The van der Waals surface area contributed by atoms with E-state index in [1.165, 1.54) is 0 Å². The maximum atomic E-state index is 5.39. The van der Waals surface area contributed by atoms with E-state index >= 15 is 0 Å². The molecular weight excluding hydrogens is 240 g/mol. The van der Waals surface area contributed by atoms with Gasteiger partial charge in [-0.05, 0) is 34.5 Å². The second-order valence-electron chi connectivity index (χ2n) is 3.01. The molecule has 0 aliphatic rings. The summed E-state index contributed by atoms with van der Waals surface area (Å²) >= 11 is 3.33. The van der Waals surface area contributed by atoms with Crippen molar-refractivity contribution in [2.45, 2.75) is 25.8 Å². The predicted octanol–water partition coefficient (Wildman–Crippen LogP) is 3.06. The van der Waals surface area contributed by atoms with Crippen LogP contribution < -0.4 is 5.32 Å². The van der Waals surface area contributed by atoms with Gasteiger partial charge in [0.1, 0.15) is 5.82 Å². The van der Waals surface area contributed by atoms with E-state index < -0.39 is 0 Å². The van der Waals surface area contributed by atoms with Crippen LogP contribution in [0.25, 0.3) is 0 Å². The zero-order valence-corrected chi connectivity index (χ0v) is 9.71. The number of hydrogen-bond acceptors (Lipinski definition) is 2. The number of halogens is 1. The topological polar surface area (TPSA) is 24.9 Å². The van der Waals surface area contributed by atoms with E-state index in [0.717, 1.165) is 23.1 Å². The van der Waals surface area contributed by atoms with Crippen LogP contribution in [-0.2, 0) is 0 Å². The molecule has 0 amide bonds. The smallest absolute Gasteiger partial charge is 0.126 e. The quantitative estimate of drug-likeness (QED) is 0.834. The van der Waals surface area contributed by atoms with Crippen molar-refractivity contribution in [3.8, 4) is 12.3 Å². The molecule has 3 heteroatoms. The van der Waals surface area contributed by atoms with Crippen molar-refractivity contribution >= 4 is 21.7 Å². The standard InChI is InChI=1S/C11H13BrN2/c1-3-5-10(4-2)14-11-7-6-9(12)8-13-11/h2,6-8,10H,3,5H2,1H3,(H,13,14). The number of pyridine rings is 1. The van der Waals surface area contributed by atoms with Gasteiger partial charge < -0.3 is 5.32 Å². The first-order valence-electron chi connectivity index (χ1n) is 4.60. The Morgan fingerprint density at radius 2 is 2.43 bits per heavy atom. The molecule has 0 aromatic carbocycles. The highest BCUT2D eigenvalue weighted by Gasteiger charge is 2.03. The van der Waals surface area contributed by atoms with Crippen molar-refractivity contribution in [2.75, 3.05) is 5.32 Å². The van der Waals surface area contributed by atoms with Crippen LogP contribution >= 0.6 is 15.9 Å². The molecule has 1 aromatic heterocycles. The molecule has 0 spiro atoms. The summed E-state index contributed by atoms with van der Waals surface area (Å²) in [5, 5.41) is 3.19. The molecule has 0 saturated heterocycles. The van der Waals surface area contributed by atoms with Gasteiger partial charge >= 0.3 is 0 Å². The lowest BCUT2D eigenvalue weighted by atomic mass is 10.2. The van der Waals surface area contributed by atoms with E-state index in [1.54, 1.807) is 6.20 Å². The summed E-state index contributed by atoms with van der Waals surface area (Å²) in [4.78, 5) is 4.19. The second kappa shape index (κ2) is 5.66. The highest BCUT2D eigenvalue weighted by atomic mass is 79.9. The summed E-state index contributed by atoms with van der Waals surface area (Å²) in [5.41, 5.74) is 0. The fraction of sp³-hybridized carbons (Fsp3) is 0.364. The molecule has 1 atom stereocenters. The van der Waals surface area contributed by atoms with Gasteiger partial charge in [-0.1, -0.05) is 19.3 Å². The SMILES string of the molecule is C#CC(CCC)Nc1ccc(Br)cn1. The Kier molecular flexibility index (Phi) is 4.48. The summed E-state index contributed by atoms with van der Waals surface area (Å²) in [6.07, 6.45) is 9.17. The fourth-order valence-electron chi connectivity index (χ4n) is 1.13. The van der Waals surface area contributed by atoms with E-state index in [9.17, 15) is 0 Å². The third-order valence-corrected chi connectivity index (χ3v) is 2.30. The number of terminal acetylenes is 1. The summed E-state index contributed by atoms with van der Waals surface area (Å²) < 4.78 is 0.968. The van der Waals surface area contributed by atoms with Crippen molar-refractivity contribution in [1.29, 1.82) is 0 Å². The molecule has 2 nitrogen and oxygen atoms in total. The van der Waals surface area contributed by atoms with E-state index in [0.29, 0.717) is 0 Å². The average molecular weight is 253 g/mol. The van der Waals surface area contributed by atoms with Gasteiger partial charge in [0.05, 0.1) is 6.04 Å². The van der Waals surface area contributed by atoms with Crippen molar-refractivity contribution in [3.63, 3.8) is 0 Å². The monoisotopic (exact) mass is 252 g/mol. The Hall–Kier alpha value is -1.01. The molecule has 1 heterocycles. The normalized spacial score (nSPS) is 11.8. The third kappa shape index (κ3) is 3.39. The van der Waals surface area contributed by atoms with Gasteiger partial charge in [-0.15, -0.1) is 6.42 Å². The first kappa shape index (κ1) is 11.1. The first-order valence-corrected chi connectivity index (χ1v) is 5.39. The van der Waals surface area contributed by atoms with Crippen LogP contribution in [0.3, 0.4) is 0 Å². The zero-order valence-electron chi connectivity index (χ0n) is 8.13. The molecule has 1 unspecified atom stereocenters. The minimum absolute atomic E-state index is 0.0775. The molecule has 0 aliphatic heterocycles. The van der Waals surface area contributed by atoms with Crippen LogP contribution in [-0.4, -0.2) is 11.0 Å². The first-order chi connectivity index (χ1) is 6.76. The van der Waals surface area contributed by atoms with Gasteiger partial charge in [-0.2, -0.15) is 0 Å².